The number of hydrogen-bond donors (Lipinski definition) is 0. The molecule has 0 saturated heterocycles. The monoisotopic (exact) mass is 1440 g/mol. The second kappa shape index (κ2) is 48.5. The van der Waals surface area contributed by atoms with E-state index in [9.17, 15) is 0 Å². The first-order valence-corrected chi connectivity index (χ1v) is 44.7. The van der Waals surface area contributed by atoms with E-state index in [2.05, 4.69) is 307 Å². The molecule has 594 valence electrons. The quantitative estimate of drug-likeness (QED) is 0.0854. The van der Waals surface area contributed by atoms with Gasteiger partial charge in [-0.05, 0) is 367 Å². The lowest BCUT2D eigenvalue weighted by Gasteiger charge is -2.37. The van der Waals surface area contributed by atoms with E-state index in [0.29, 0.717) is 0 Å². The molecule has 12 atom stereocenters. The molecule has 3 saturated carbocycles. The smallest absolute Gasteiger partial charge is 0.0120 e. The predicted molar refractivity (Wildman–Crippen MR) is 479 cm³/mol. The average Bonchev–Trinajstić information content (AvgIpc) is 0.796. The summed E-state index contributed by atoms with van der Waals surface area (Å²) in [6.45, 7) is 75.7. The second-order valence-corrected chi connectivity index (χ2v) is 36.5. The Balaban J connectivity index is 0.000000314. The Bertz CT molecular complexity index is 3080. The summed E-state index contributed by atoms with van der Waals surface area (Å²) in [4.78, 5) is 0. The summed E-state index contributed by atoms with van der Waals surface area (Å²) in [5.74, 6) is 17.1. The Morgan fingerprint density at radius 2 is 0.571 bits per heavy atom. The summed E-state index contributed by atoms with van der Waals surface area (Å²) in [5.41, 5.74) is 21.3. The largest absolute Gasteiger partial charge is 0.0651 e. The molecule has 0 bridgehead atoms. The van der Waals surface area contributed by atoms with E-state index in [0.717, 1.165) is 107 Å². The van der Waals surface area contributed by atoms with Gasteiger partial charge in [-0.3, -0.25) is 0 Å². The van der Waals surface area contributed by atoms with E-state index in [1.165, 1.54) is 235 Å². The summed E-state index contributed by atoms with van der Waals surface area (Å²) < 4.78 is 0. The van der Waals surface area contributed by atoms with Gasteiger partial charge < -0.3 is 0 Å². The molecule has 0 N–H and O–H groups in total. The van der Waals surface area contributed by atoms with Crippen molar-refractivity contribution in [2.45, 2.75) is 382 Å². The summed E-state index contributed by atoms with van der Waals surface area (Å²) in [6.07, 6.45) is 31.6. The second-order valence-electron chi connectivity index (χ2n) is 36.5. The molecule has 6 aromatic carbocycles. The normalized spacial score (nSPS) is 23.0. The molecular weight excluding hydrogens is 1260 g/mol. The van der Waals surface area contributed by atoms with Crippen LogP contribution in [0.5, 0.6) is 0 Å². The molecule has 0 nitrogen and oxygen atoms in total. The number of fused-ring (bicyclic) bond motifs is 3. The maximum atomic E-state index is 2.44. The zero-order valence-electron chi connectivity index (χ0n) is 76.0. The van der Waals surface area contributed by atoms with Crippen LogP contribution in [0.2, 0.25) is 0 Å². The highest BCUT2D eigenvalue weighted by Crippen LogP contribution is 2.47. The van der Waals surface area contributed by atoms with Crippen molar-refractivity contribution in [1.29, 1.82) is 0 Å². The number of rotatable bonds is 17. The Labute approximate surface area is 656 Å². The Hall–Kier alpha value is -4.16. The molecule has 0 heteroatoms. The third-order valence-corrected chi connectivity index (χ3v) is 29.4. The van der Waals surface area contributed by atoms with E-state index in [1.807, 2.05) is 0 Å². The fraction of sp³-hybridized carbons (Fsp3) is 0.695. The molecule has 4 aliphatic rings. The van der Waals surface area contributed by atoms with Crippen molar-refractivity contribution in [3.05, 3.63) is 162 Å². The molecule has 6 aromatic rings. The van der Waals surface area contributed by atoms with Gasteiger partial charge in [0.15, 0.2) is 0 Å². The fourth-order valence-electron chi connectivity index (χ4n) is 18.6. The summed E-state index contributed by atoms with van der Waals surface area (Å²) in [7, 11) is 0. The Kier molecular flexibility index (Phi) is 43.9. The maximum absolute atomic E-state index is 2.44. The predicted octanol–water partition coefficient (Wildman–Crippen LogP) is 34.1. The highest BCUT2D eigenvalue weighted by molar-refractivity contribution is 5.93. The van der Waals surface area contributed by atoms with Gasteiger partial charge >= 0.3 is 0 Å². The van der Waals surface area contributed by atoms with Crippen LogP contribution in [-0.4, -0.2) is 0 Å². The lowest BCUT2D eigenvalue weighted by atomic mass is 9.67. The molecule has 0 radical (unpaired) electrons. The molecule has 4 aliphatic carbocycles. The fourth-order valence-corrected chi connectivity index (χ4v) is 18.6. The van der Waals surface area contributed by atoms with Crippen molar-refractivity contribution in [3.8, 4) is 0 Å². The first kappa shape index (κ1) is 95.0. The minimum absolute atomic E-state index is 0.727. The van der Waals surface area contributed by atoms with Crippen molar-refractivity contribution < 1.29 is 0 Å². The molecule has 0 amide bonds. The van der Waals surface area contributed by atoms with Gasteiger partial charge in [0.1, 0.15) is 0 Å². The van der Waals surface area contributed by atoms with Gasteiger partial charge in [-0.25, -0.2) is 0 Å². The van der Waals surface area contributed by atoms with E-state index >= 15 is 0 Å². The Morgan fingerprint density at radius 1 is 0.267 bits per heavy atom. The maximum Gasteiger partial charge on any atom is -0.0120 e. The highest BCUT2D eigenvalue weighted by atomic mass is 14.4. The van der Waals surface area contributed by atoms with Crippen LogP contribution < -0.4 is 0 Å². The van der Waals surface area contributed by atoms with E-state index < -0.39 is 0 Å². The van der Waals surface area contributed by atoms with Crippen LogP contribution in [-0.2, 0) is 0 Å². The van der Waals surface area contributed by atoms with E-state index in [4.69, 9.17) is 0 Å². The van der Waals surface area contributed by atoms with Gasteiger partial charge in [0.25, 0.3) is 0 Å². The van der Waals surface area contributed by atoms with Gasteiger partial charge in [0.05, 0.1) is 0 Å². The topological polar surface area (TPSA) is 0 Å². The highest BCUT2D eigenvalue weighted by Gasteiger charge is 2.33. The molecule has 0 aromatic heterocycles. The van der Waals surface area contributed by atoms with E-state index in [1.54, 1.807) is 11.1 Å². The molecule has 12 unspecified atom stereocenters. The summed E-state index contributed by atoms with van der Waals surface area (Å²) in [5, 5.41) is 5.59. The van der Waals surface area contributed by atoms with Crippen LogP contribution in [0.3, 0.4) is 0 Å². The molecular formula is C105H174. The third kappa shape index (κ3) is 29.6. The molecule has 0 heterocycles. The minimum Gasteiger partial charge on any atom is -0.0651 e. The van der Waals surface area contributed by atoms with Crippen LogP contribution in [0.1, 0.15) is 375 Å². The third-order valence-electron chi connectivity index (χ3n) is 29.4. The standard InChI is InChI=1S/C17H26.C16H32.2C14H16.C14H28.C12H24.C10H14.C8H18/c1-6-12(3)16-10-13(4)14(5)17-9-11(2)7-8-15(16)17;1-5-13(6-2)15-9-11-16(12-10-15)14(7-3)8-4;1-9-5-13-7-11(3)12(4)8-14(13)6-10(9)2;1-9-5-6-11(3)14-12(4)8-7-10(2)13(9)14;1-5-11(3)13-7-9-14(10-8-13)12(4)6-2;1-5-9(2)12-7-6-10(3)11(4)8-12;1-7-5-9(3)10(4)6-8(7)2;1-5-7(3)8(4)6-2/h7-9,12-14,16H,6,10H2,1-5H3;13-16H,5-12H2,1-4H3;2*5-8H,1-4H3;11-14H,5-10H2,1-4H3;9-12H,5-8H2,1-4H3;5-6H,1-4H3;7-8H,5-6H2,1-4H3. The van der Waals surface area contributed by atoms with Crippen LogP contribution >= 0.6 is 0 Å². The first-order chi connectivity index (χ1) is 49.6. The van der Waals surface area contributed by atoms with E-state index in [-0.39, 0.29) is 0 Å². The molecule has 0 aliphatic heterocycles. The van der Waals surface area contributed by atoms with Gasteiger partial charge in [-0.15, -0.1) is 0 Å². The van der Waals surface area contributed by atoms with Crippen molar-refractivity contribution in [1.82, 2.24) is 0 Å². The lowest BCUT2D eigenvalue weighted by molar-refractivity contribution is 0.152. The van der Waals surface area contributed by atoms with Gasteiger partial charge in [-0.1, -0.05) is 294 Å². The van der Waals surface area contributed by atoms with Crippen LogP contribution in [0.4, 0.5) is 0 Å². The van der Waals surface area contributed by atoms with Crippen molar-refractivity contribution in [3.63, 3.8) is 0 Å². The average molecular weight is 1440 g/mol. The van der Waals surface area contributed by atoms with Gasteiger partial charge in [0, 0.05) is 0 Å². The molecule has 0 spiro atoms. The zero-order chi connectivity index (χ0) is 79.1. The summed E-state index contributed by atoms with van der Waals surface area (Å²) in [6, 6.07) is 29.5. The van der Waals surface area contributed by atoms with Crippen LogP contribution in [0.15, 0.2) is 78.9 Å². The Morgan fingerprint density at radius 3 is 0.876 bits per heavy atom. The SMILES string of the molecule is CCC(C)C(C)CC.CCC(C)C1CC(C)C(C)c2cc(C)ccc21.CCC(C)C1CCC(C(C)CC)CC1.CCC(C)C1CCC(C)C(C)C1.CCC(CC)C1CCC(C(CC)CC)CC1.Cc1cc(C)c(C)cc1C.Cc1cc2cc(C)c(C)cc2cc1C.Cc1ccc(C)c2c(C)ccc(C)c12. The first-order valence-electron chi connectivity index (χ1n) is 44.7. The van der Waals surface area contributed by atoms with Crippen molar-refractivity contribution in [2.24, 2.45) is 94.7 Å². The lowest BCUT2D eigenvalue weighted by Crippen LogP contribution is -2.25. The van der Waals surface area contributed by atoms with Crippen LogP contribution in [0.25, 0.3) is 21.5 Å². The molecule has 3 fully saturated rings. The minimum atomic E-state index is 0.727. The van der Waals surface area contributed by atoms with Crippen molar-refractivity contribution >= 4 is 21.5 Å². The van der Waals surface area contributed by atoms with Crippen LogP contribution in [0, 0.1) is 185 Å². The zero-order valence-corrected chi connectivity index (χ0v) is 76.0. The molecule has 10 rings (SSSR count). The van der Waals surface area contributed by atoms with Gasteiger partial charge in [0.2, 0.25) is 0 Å². The number of benzene rings is 6. The number of hydrogen-bond acceptors (Lipinski definition) is 0. The molecule has 105 heavy (non-hydrogen) atoms. The number of aryl methyl sites for hydroxylation is 13. The van der Waals surface area contributed by atoms with Crippen molar-refractivity contribution in [2.75, 3.05) is 0 Å². The van der Waals surface area contributed by atoms with Gasteiger partial charge in [-0.2, -0.15) is 0 Å². The summed E-state index contributed by atoms with van der Waals surface area (Å²) >= 11 is 0.